The SMILES string of the molecule is CCOCc1ccccc1CNC(=O)c1nc2nc(C)cc(C)n2n1. The minimum atomic E-state index is -0.325. The molecule has 0 aliphatic carbocycles. The number of aromatic nitrogens is 4. The van der Waals surface area contributed by atoms with E-state index in [1.54, 1.807) is 4.52 Å². The molecule has 0 fully saturated rings. The van der Waals surface area contributed by atoms with Gasteiger partial charge in [-0.15, -0.1) is 5.10 Å². The number of hydrogen-bond acceptors (Lipinski definition) is 5. The van der Waals surface area contributed by atoms with Crippen LogP contribution in [0.5, 0.6) is 0 Å². The summed E-state index contributed by atoms with van der Waals surface area (Å²) in [5, 5.41) is 7.11. The summed E-state index contributed by atoms with van der Waals surface area (Å²) >= 11 is 0. The second-order valence-corrected chi connectivity index (χ2v) is 5.77. The maximum absolute atomic E-state index is 12.4. The highest BCUT2D eigenvalue weighted by atomic mass is 16.5. The Labute approximate surface area is 146 Å². The first-order valence-corrected chi connectivity index (χ1v) is 8.22. The second-order valence-electron chi connectivity index (χ2n) is 5.77. The summed E-state index contributed by atoms with van der Waals surface area (Å²) in [7, 11) is 0. The lowest BCUT2D eigenvalue weighted by molar-refractivity contribution is 0.0939. The fraction of sp³-hybridized carbons (Fsp3) is 0.333. The monoisotopic (exact) mass is 339 g/mol. The van der Waals surface area contributed by atoms with E-state index in [2.05, 4.69) is 20.4 Å². The Bertz CT molecular complexity index is 904. The summed E-state index contributed by atoms with van der Waals surface area (Å²) in [6.45, 7) is 7.31. The van der Waals surface area contributed by atoms with Crippen molar-refractivity contribution in [3.63, 3.8) is 0 Å². The molecule has 0 saturated heterocycles. The molecule has 25 heavy (non-hydrogen) atoms. The molecule has 0 atom stereocenters. The highest BCUT2D eigenvalue weighted by molar-refractivity contribution is 5.90. The van der Waals surface area contributed by atoms with E-state index < -0.39 is 0 Å². The van der Waals surface area contributed by atoms with E-state index in [1.807, 2.05) is 51.1 Å². The standard InChI is InChI=1S/C18H21N5O2/c1-4-25-11-15-8-6-5-7-14(15)10-19-17(24)16-21-18-20-12(2)9-13(3)23(18)22-16/h5-9H,4,10-11H2,1-3H3,(H,19,24). The Morgan fingerprint density at radius 3 is 2.72 bits per heavy atom. The number of nitrogens with one attached hydrogen (secondary N) is 1. The molecular weight excluding hydrogens is 318 g/mol. The molecule has 0 bridgehead atoms. The predicted octanol–water partition coefficient (Wildman–Crippen LogP) is 2.21. The molecule has 0 spiro atoms. The minimum absolute atomic E-state index is 0.114. The van der Waals surface area contributed by atoms with E-state index >= 15 is 0 Å². The van der Waals surface area contributed by atoms with Gasteiger partial charge in [0.05, 0.1) is 6.61 Å². The number of amides is 1. The van der Waals surface area contributed by atoms with Crippen LogP contribution in [0.3, 0.4) is 0 Å². The maximum Gasteiger partial charge on any atom is 0.291 e. The van der Waals surface area contributed by atoms with Gasteiger partial charge in [0.15, 0.2) is 0 Å². The Morgan fingerprint density at radius 1 is 1.20 bits per heavy atom. The van der Waals surface area contributed by atoms with Crippen molar-refractivity contribution < 1.29 is 9.53 Å². The molecule has 7 nitrogen and oxygen atoms in total. The third-order valence-electron chi connectivity index (χ3n) is 3.84. The van der Waals surface area contributed by atoms with Crippen LogP contribution < -0.4 is 5.32 Å². The van der Waals surface area contributed by atoms with Gasteiger partial charge in [-0.3, -0.25) is 4.79 Å². The largest absolute Gasteiger partial charge is 0.377 e. The summed E-state index contributed by atoms with van der Waals surface area (Å²) in [6, 6.07) is 9.76. The third-order valence-corrected chi connectivity index (χ3v) is 3.84. The minimum Gasteiger partial charge on any atom is -0.377 e. The number of aryl methyl sites for hydroxylation is 2. The lowest BCUT2D eigenvalue weighted by atomic mass is 10.1. The number of benzene rings is 1. The summed E-state index contributed by atoms with van der Waals surface area (Å²) in [5.41, 5.74) is 3.80. The van der Waals surface area contributed by atoms with Crippen LogP contribution in [0.15, 0.2) is 30.3 Å². The van der Waals surface area contributed by atoms with E-state index in [0.29, 0.717) is 25.5 Å². The summed E-state index contributed by atoms with van der Waals surface area (Å²) in [4.78, 5) is 20.9. The van der Waals surface area contributed by atoms with Crippen molar-refractivity contribution >= 4 is 11.7 Å². The van der Waals surface area contributed by atoms with Gasteiger partial charge in [-0.1, -0.05) is 24.3 Å². The van der Waals surface area contributed by atoms with Crippen LogP contribution in [0.25, 0.3) is 5.78 Å². The quantitative estimate of drug-likeness (QED) is 0.744. The Kier molecular flexibility index (Phi) is 5.04. The predicted molar refractivity (Wildman–Crippen MR) is 93.2 cm³/mol. The Balaban J connectivity index is 1.74. The number of rotatable bonds is 6. The average Bonchev–Trinajstić information content (AvgIpc) is 3.03. The molecule has 3 aromatic rings. The lowest BCUT2D eigenvalue weighted by Gasteiger charge is -2.09. The second kappa shape index (κ2) is 7.40. The first-order valence-electron chi connectivity index (χ1n) is 8.22. The smallest absolute Gasteiger partial charge is 0.291 e. The van der Waals surface area contributed by atoms with Crippen LogP contribution in [0.2, 0.25) is 0 Å². The number of carbonyl (C=O) groups is 1. The molecule has 0 aliphatic heterocycles. The van der Waals surface area contributed by atoms with E-state index in [9.17, 15) is 4.79 Å². The van der Waals surface area contributed by atoms with Crippen molar-refractivity contribution in [3.8, 4) is 0 Å². The highest BCUT2D eigenvalue weighted by Gasteiger charge is 2.15. The Hall–Kier alpha value is -2.80. The number of nitrogens with zero attached hydrogens (tertiary/aromatic N) is 4. The van der Waals surface area contributed by atoms with Crippen molar-refractivity contribution in [3.05, 3.63) is 58.7 Å². The van der Waals surface area contributed by atoms with E-state index in [0.717, 1.165) is 22.5 Å². The molecule has 3 rings (SSSR count). The molecular formula is C18H21N5O2. The van der Waals surface area contributed by atoms with Gasteiger partial charge in [-0.25, -0.2) is 9.50 Å². The van der Waals surface area contributed by atoms with Crippen LogP contribution in [-0.4, -0.2) is 32.1 Å². The van der Waals surface area contributed by atoms with Crippen molar-refractivity contribution in [2.75, 3.05) is 6.61 Å². The summed E-state index contributed by atoms with van der Waals surface area (Å²) in [5.74, 6) is 0.219. The maximum atomic E-state index is 12.4. The van der Waals surface area contributed by atoms with Crippen LogP contribution in [-0.2, 0) is 17.9 Å². The number of ether oxygens (including phenoxy) is 1. The van der Waals surface area contributed by atoms with Crippen molar-refractivity contribution in [2.24, 2.45) is 0 Å². The van der Waals surface area contributed by atoms with Gasteiger partial charge >= 0.3 is 0 Å². The van der Waals surface area contributed by atoms with Crippen LogP contribution in [0, 0.1) is 13.8 Å². The van der Waals surface area contributed by atoms with E-state index in [4.69, 9.17) is 4.74 Å². The summed E-state index contributed by atoms with van der Waals surface area (Å²) < 4.78 is 7.04. The number of fused-ring (bicyclic) bond motifs is 1. The van der Waals surface area contributed by atoms with Gasteiger partial charge in [0.1, 0.15) is 0 Å². The van der Waals surface area contributed by atoms with E-state index in [1.165, 1.54) is 0 Å². The molecule has 1 aromatic carbocycles. The molecule has 0 unspecified atom stereocenters. The molecule has 7 heteroatoms. The Morgan fingerprint density at radius 2 is 1.96 bits per heavy atom. The molecule has 1 N–H and O–H groups in total. The first-order chi connectivity index (χ1) is 12.1. The zero-order chi connectivity index (χ0) is 17.8. The molecule has 130 valence electrons. The number of carbonyl (C=O) groups excluding carboxylic acids is 1. The van der Waals surface area contributed by atoms with Crippen LogP contribution in [0.1, 0.15) is 40.1 Å². The fourth-order valence-corrected chi connectivity index (χ4v) is 2.60. The van der Waals surface area contributed by atoms with Gasteiger partial charge in [-0.05, 0) is 38.0 Å². The average molecular weight is 339 g/mol. The summed E-state index contributed by atoms with van der Waals surface area (Å²) in [6.07, 6.45) is 0. The zero-order valence-electron chi connectivity index (χ0n) is 14.6. The van der Waals surface area contributed by atoms with Gasteiger partial charge in [0.2, 0.25) is 5.82 Å². The fourth-order valence-electron chi connectivity index (χ4n) is 2.60. The highest BCUT2D eigenvalue weighted by Crippen LogP contribution is 2.11. The zero-order valence-corrected chi connectivity index (χ0v) is 14.6. The van der Waals surface area contributed by atoms with Crippen LogP contribution >= 0.6 is 0 Å². The lowest BCUT2D eigenvalue weighted by Crippen LogP contribution is -2.24. The van der Waals surface area contributed by atoms with Gasteiger partial charge in [-0.2, -0.15) is 4.98 Å². The van der Waals surface area contributed by atoms with E-state index in [-0.39, 0.29) is 11.7 Å². The first kappa shape index (κ1) is 17.0. The van der Waals surface area contributed by atoms with Gasteiger partial charge < -0.3 is 10.1 Å². The van der Waals surface area contributed by atoms with Crippen molar-refractivity contribution in [1.82, 2.24) is 24.9 Å². The van der Waals surface area contributed by atoms with Crippen molar-refractivity contribution in [1.29, 1.82) is 0 Å². The van der Waals surface area contributed by atoms with Gasteiger partial charge in [0.25, 0.3) is 11.7 Å². The molecule has 0 aliphatic rings. The third kappa shape index (κ3) is 3.83. The molecule has 0 saturated carbocycles. The molecule has 2 heterocycles. The molecule has 2 aromatic heterocycles. The number of hydrogen-bond donors (Lipinski definition) is 1. The normalized spacial score (nSPS) is 11.0. The molecule has 0 radical (unpaired) electrons. The van der Waals surface area contributed by atoms with Gasteiger partial charge in [0, 0.05) is 24.5 Å². The van der Waals surface area contributed by atoms with Crippen molar-refractivity contribution in [2.45, 2.75) is 33.9 Å². The topological polar surface area (TPSA) is 81.4 Å². The molecule has 1 amide bonds. The van der Waals surface area contributed by atoms with Crippen LogP contribution in [0.4, 0.5) is 0 Å².